The average Bonchev–Trinajstić information content (AvgIpc) is 2.50. The zero-order valence-corrected chi connectivity index (χ0v) is 13.5. The SMILES string of the molecule is COc1ccc(CC(=O)Nc2ccc(C)cc2Cl)cc1OC. The van der Waals surface area contributed by atoms with Crippen LogP contribution in [0.25, 0.3) is 0 Å². The maximum atomic E-state index is 12.1. The van der Waals surface area contributed by atoms with Gasteiger partial charge >= 0.3 is 0 Å². The van der Waals surface area contributed by atoms with Crippen LogP contribution < -0.4 is 14.8 Å². The summed E-state index contributed by atoms with van der Waals surface area (Å²) in [6.45, 7) is 1.95. The molecule has 4 nitrogen and oxygen atoms in total. The normalized spacial score (nSPS) is 10.2. The summed E-state index contributed by atoms with van der Waals surface area (Å²) in [7, 11) is 3.14. The van der Waals surface area contributed by atoms with Crippen LogP contribution in [0.5, 0.6) is 11.5 Å². The minimum Gasteiger partial charge on any atom is -0.493 e. The topological polar surface area (TPSA) is 47.6 Å². The number of nitrogens with one attached hydrogen (secondary N) is 1. The Morgan fingerprint density at radius 2 is 1.82 bits per heavy atom. The molecule has 0 aliphatic rings. The smallest absolute Gasteiger partial charge is 0.228 e. The van der Waals surface area contributed by atoms with Crippen molar-refractivity contribution >= 4 is 23.2 Å². The molecule has 2 rings (SSSR count). The number of benzene rings is 2. The number of rotatable bonds is 5. The molecule has 0 bridgehead atoms. The van der Waals surface area contributed by atoms with E-state index in [-0.39, 0.29) is 12.3 Å². The van der Waals surface area contributed by atoms with Crippen molar-refractivity contribution in [2.24, 2.45) is 0 Å². The third-order valence-corrected chi connectivity index (χ3v) is 3.52. The van der Waals surface area contributed by atoms with Gasteiger partial charge in [0.05, 0.1) is 31.4 Å². The maximum absolute atomic E-state index is 12.1. The number of hydrogen-bond acceptors (Lipinski definition) is 3. The lowest BCUT2D eigenvalue weighted by atomic mass is 10.1. The van der Waals surface area contributed by atoms with Gasteiger partial charge in [-0.05, 0) is 42.3 Å². The molecule has 0 aliphatic carbocycles. The lowest BCUT2D eigenvalue weighted by Crippen LogP contribution is -2.14. The van der Waals surface area contributed by atoms with Crippen molar-refractivity contribution in [1.82, 2.24) is 0 Å². The Hall–Kier alpha value is -2.20. The van der Waals surface area contributed by atoms with Gasteiger partial charge in [0.2, 0.25) is 5.91 Å². The van der Waals surface area contributed by atoms with Crippen LogP contribution in [-0.2, 0) is 11.2 Å². The van der Waals surface area contributed by atoms with Gasteiger partial charge in [-0.3, -0.25) is 4.79 Å². The Morgan fingerprint density at radius 3 is 2.45 bits per heavy atom. The lowest BCUT2D eigenvalue weighted by Gasteiger charge is -2.10. The molecule has 2 aromatic carbocycles. The van der Waals surface area contributed by atoms with E-state index < -0.39 is 0 Å². The predicted octanol–water partition coefficient (Wildman–Crippen LogP) is 3.85. The minimum atomic E-state index is -0.141. The Morgan fingerprint density at radius 1 is 1.09 bits per heavy atom. The van der Waals surface area contributed by atoms with E-state index in [0.29, 0.717) is 22.2 Å². The molecule has 1 N–H and O–H groups in total. The molecule has 0 atom stereocenters. The van der Waals surface area contributed by atoms with Gasteiger partial charge in [0.15, 0.2) is 11.5 Å². The summed E-state index contributed by atoms with van der Waals surface area (Å²) in [5.74, 6) is 1.09. The largest absolute Gasteiger partial charge is 0.493 e. The first-order valence-corrected chi connectivity index (χ1v) is 7.18. The molecule has 0 saturated heterocycles. The summed E-state index contributed by atoms with van der Waals surface area (Å²) in [4.78, 5) is 12.1. The predicted molar refractivity (Wildman–Crippen MR) is 88.1 cm³/mol. The van der Waals surface area contributed by atoms with Crippen LogP contribution in [0, 0.1) is 6.92 Å². The third-order valence-electron chi connectivity index (χ3n) is 3.21. The molecule has 0 spiro atoms. The number of hydrogen-bond donors (Lipinski definition) is 1. The van der Waals surface area contributed by atoms with E-state index in [4.69, 9.17) is 21.1 Å². The monoisotopic (exact) mass is 319 g/mol. The Kier molecular flexibility index (Phi) is 5.28. The number of aryl methyl sites for hydroxylation is 1. The summed E-state index contributed by atoms with van der Waals surface area (Å²) in [6, 6.07) is 10.9. The van der Waals surface area contributed by atoms with Crippen molar-refractivity contribution in [1.29, 1.82) is 0 Å². The summed E-state index contributed by atoms with van der Waals surface area (Å²) in [6.07, 6.45) is 0.227. The van der Waals surface area contributed by atoms with Crippen LogP contribution in [0.2, 0.25) is 5.02 Å². The summed E-state index contributed by atoms with van der Waals surface area (Å²) < 4.78 is 10.4. The third kappa shape index (κ3) is 3.92. The lowest BCUT2D eigenvalue weighted by molar-refractivity contribution is -0.115. The second-order valence-corrected chi connectivity index (χ2v) is 5.30. The van der Waals surface area contributed by atoms with Gasteiger partial charge in [-0.15, -0.1) is 0 Å². The standard InChI is InChI=1S/C17H18ClNO3/c1-11-4-6-14(13(18)8-11)19-17(20)10-12-5-7-15(21-2)16(9-12)22-3/h4-9H,10H2,1-3H3,(H,19,20). The average molecular weight is 320 g/mol. The fourth-order valence-corrected chi connectivity index (χ4v) is 2.37. The molecule has 0 aromatic heterocycles. The number of ether oxygens (including phenoxy) is 2. The molecule has 0 unspecified atom stereocenters. The quantitative estimate of drug-likeness (QED) is 0.910. The number of halogens is 1. The molecular weight excluding hydrogens is 302 g/mol. The summed E-state index contributed by atoms with van der Waals surface area (Å²) in [5, 5.41) is 3.34. The molecule has 0 heterocycles. The fourth-order valence-electron chi connectivity index (χ4n) is 2.09. The van der Waals surface area contributed by atoms with Gasteiger partial charge in [-0.1, -0.05) is 23.7 Å². The van der Waals surface area contributed by atoms with Crippen LogP contribution in [-0.4, -0.2) is 20.1 Å². The number of amides is 1. The van der Waals surface area contributed by atoms with Crippen LogP contribution in [0.15, 0.2) is 36.4 Å². The fraction of sp³-hybridized carbons (Fsp3) is 0.235. The highest BCUT2D eigenvalue weighted by atomic mass is 35.5. The van der Waals surface area contributed by atoms with Gasteiger partial charge in [-0.25, -0.2) is 0 Å². The van der Waals surface area contributed by atoms with Crippen LogP contribution in [0.1, 0.15) is 11.1 Å². The van der Waals surface area contributed by atoms with Crippen LogP contribution in [0.3, 0.4) is 0 Å². The Bertz CT molecular complexity index is 686. The summed E-state index contributed by atoms with van der Waals surface area (Å²) in [5.41, 5.74) is 2.49. The van der Waals surface area contributed by atoms with E-state index in [1.54, 1.807) is 32.4 Å². The molecule has 0 fully saturated rings. The van der Waals surface area contributed by atoms with E-state index in [9.17, 15) is 4.79 Å². The Labute approximate surface area is 135 Å². The number of carbonyl (C=O) groups is 1. The van der Waals surface area contributed by atoms with E-state index in [2.05, 4.69) is 5.32 Å². The van der Waals surface area contributed by atoms with E-state index in [0.717, 1.165) is 11.1 Å². The molecule has 2 aromatic rings. The second-order valence-electron chi connectivity index (χ2n) is 4.90. The second kappa shape index (κ2) is 7.18. The Balaban J connectivity index is 2.08. The number of methoxy groups -OCH3 is 2. The van der Waals surface area contributed by atoms with Crippen molar-refractivity contribution in [3.63, 3.8) is 0 Å². The minimum absolute atomic E-state index is 0.141. The molecule has 0 saturated carbocycles. The van der Waals surface area contributed by atoms with E-state index >= 15 is 0 Å². The first kappa shape index (κ1) is 16.2. The highest BCUT2D eigenvalue weighted by Crippen LogP contribution is 2.28. The van der Waals surface area contributed by atoms with Crippen LogP contribution in [0.4, 0.5) is 5.69 Å². The maximum Gasteiger partial charge on any atom is 0.228 e. The van der Waals surface area contributed by atoms with Gasteiger partial charge in [0.25, 0.3) is 0 Å². The van der Waals surface area contributed by atoms with Crippen molar-refractivity contribution in [2.75, 3.05) is 19.5 Å². The first-order valence-electron chi connectivity index (χ1n) is 6.80. The van der Waals surface area contributed by atoms with E-state index in [1.807, 2.05) is 25.1 Å². The molecule has 0 radical (unpaired) electrons. The summed E-state index contributed by atoms with van der Waals surface area (Å²) >= 11 is 6.11. The highest BCUT2D eigenvalue weighted by molar-refractivity contribution is 6.33. The van der Waals surface area contributed by atoms with Crippen LogP contribution >= 0.6 is 11.6 Å². The molecule has 116 valence electrons. The van der Waals surface area contributed by atoms with Crippen molar-refractivity contribution in [3.8, 4) is 11.5 Å². The molecule has 22 heavy (non-hydrogen) atoms. The van der Waals surface area contributed by atoms with Gasteiger partial charge in [0.1, 0.15) is 0 Å². The van der Waals surface area contributed by atoms with Crippen molar-refractivity contribution in [2.45, 2.75) is 13.3 Å². The van der Waals surface area contributed by atoms with E-state index in [1.165, 1.54) is 0 Å². The molecule has 5 heteroatoms. The molecule has 0 aliphatic heterocycles. The molecular formula is C17H18ClNO3. The number of carbonyl (C=O) groups excluding carboxylic acids is 1. The zero-order chi connectivity index (χ0) is 16.1. The van der Waals surface area contributed by atoms with Crippen molar-refractivity contribution in [3.05, 3.63) is 52.5 Å². The first-order chi connectivity index (χ1) is 10.5. The zero-order valence-electron chi connectivity index (χ0n) is 12.8. The van der Waals surface area contributed by atoms with Gasteiger partial charge in [0, 0.05) is 0 Å². The van der Waals surface area contributed by atoms with Gasteiger partial charge in [-0.2, -0.15) is 0 Å². The number of anilines is 1. The molecule has 1 amide bonds. The van der Waals surface area contributed by atoms with Gasteiger partial charge < -0.3 is 14.8 Å². The highest BCUT2D eigenvalue weighted by Gasteiger charge is 2.10. The van der Waals surface area contributed by atoms with Crippen molar-refractivity contribution < 1.29 is 14.3 Å².